The average molecular weight is 276 g/mol. The molecule has 3 nitrogen and oxygen atoms in total. The van der Waals surface area contributed by atoms with Crippen molar-refractivity contribution in [2.75, 3.05) is 11.0 Å². The Balaban J connectivity index is 3.42. The summed E-state index contributed by atoms with van der Waals surface area (Å²) in [7, 11) is -3.23. The molecule has 0 aliphatic heterocycles. The third-order valence-electron chi connectivity index (χ3n) is 1.01. The van der Waals surface area contributed by atoms with Gasteiger partial charge in [0.1, 0.15) is 0 Å². The second-order valence-electron chi connectivity index (χ2n) is 1.97. The summed E-state index contributed by atoms with van der Waals surface area (Å²) in [5, 5.41) is 0. The highest BCUT2D eigenvalue weighted by atomic mass is 127. The predicted octanol–water partition coefficient (Wildman–Crippen LogP) is 0.772. The molecular weight excluding hydrogens is 263 g/mol. The number of hydrogen-bond donors (Lipinski definition) is 2. The van der Waals surface area contributed by atoms with Crippen LogP contribution in [0, 0.1) is 0 Å². The van der Waals surface area contributed by atoms with Crippen molar-refractivity contribution in [2.45, 2.75) is 19.4 Å². The second kappa shape index (κ2) is 5.47. The molecule has 0 aliphatic carbocycles. The van der Waals surface area contributed by atoms with Gasteiger partial charge in [0.2, 0.25) is 0 Å². The smallest absolute Gasteiger partial charge is 0.390 e. The predicted molar refractivity (Wildman–Crippen MR) is 50.1 cm³/mol. The average Bonchev–Trinajstić information content (AvgIpc) is 1.84. The molecule has 0 saturated carbocycles. The molecule has 0 bridgehead atoms. The van der Waals surface area contributed by atoms with Gasteiger partial charge in [0.15, 0.2) is 0 Å². The van der Waals surface area contributed by atoms with Crippen LogP contribution in [0.1, 0.15) is 13.3 Å². The van der Waals surface area contributed by atoms with Gasteiger partial charge >= 0.3 is 8.80 Å². The summed E-state index contributed by atoms with van der Waals surface area (Å²) in [5.41, 5.74) is 0. The topological polar surface area (TPSA) is 49.7 Å². The summed E-state index contributed by atoms with van der Waals surface area (Å²) in [6, 6.07) is 0.420. The van der Waals surface area contributed by atoms with Crippen LogP contribution >= 0.6 is 22.6 Å². The van der Waals surface area contributed by atoms with Crippen molar-refractivity contribution in [2.24, 2.45) is 0 Å². The van der Waals surface area contributed by atoms with Crippen molar-refractivity contribution in [1.82, 2.24) is 0 Å². The maximum absolute atomic E-state index is 9.11. The van der Waals surface area contributed by atoms with E-state index in [9.17, 15) is 0 Å². The largest absolute Gasteiger partial charge is 0.495 e. The van der Waals surface area contributed by atoms with Crippen molar-refractivity contribution in [3.63, 3.8) is 0 Å². The molecule has 0 aromatic carbocycles. The Kier molecular flexibility index (Phi) is 5.93. The van der Waals surface area contributed by atoms with Crippen LogP contribution in [-0.2, 0) is 4.43 Å². The zero-order valence-corrected chi connectivity index (χ0v) is 9.17. The lowest BCUT2D eigenvalue weighted by Crippen LogP contribution is -2.38. The normalized spacial score (nSPS) is 12.0. The molecule has 5 heteroatoms. The van der Waals surface area contributed by atoms with Crippen LogP contribution in [0.3, 0.4) is 0 Å². The van der Waals surface area contributed by atoms with Crippen molar-refractivity contribution < 1.29 is 14.0 Å². The van der Waals surface area contributed by atoms with Crippen LogP contribution in [0.15, 0.2) is 0 Å². The van der Waals surface area contributed by atoms with Crippen molar-refractivity contribution in [3.05, 3.63) is 0 Å². The lowest BCUT2D eigenvalue weighted by molar-refractivity contribution is 0.155. The van der Waals surface area contributed by atoms with E-state index < -0.39 is 8.80 Å². The molecule has 0 fully saturated rings. The Morgan fingerprint density at radius 1 is 1.50 bits per heavy atom. The van der Waals surface area contributed by atoms with Gasteiger partial charge in [-0.15, -0.1) is 0 Å². The molecule has 0 saturated heterocycles. The zero-order chi connectivity index (χ0) is 8.04. The molecule has 0 aliphatic rings. The van der Waals surface area contributed by atoms with Gasteiger partial charge in [-0.1, -0.05) is 22.6 Å². The van der Waals surface area contributed by atoms with Gasteiger partial charge in [-0.05, 0) is 17.8 Å². The fourth-order valence-electron chi connectivity index (χ4n) is 0.600. The fourth-order valence-corrected chi connectivity index (χ4v) is 2.95. The molecule has 0 unspecified atom stereocenters. The van der Waals surface area contributed by atoms with Crippen LogP contribution in [0.25, 0.3) is 0 Å². The van der Waals surface area contributed by atoms with Gasteiger partial charge in [0, 0.05) is 12.7 Å². The number of hydrogen-bond acceptors (Lipinski definition) is 3. The first kappa shape index (κ1) is 10.8. The van der Waals surface area contributed by atoms with Crippen LogP contribution in [0.5, 0.6) is 0 Å². The Hall–Kier alpha value is 0.827. The third kappa shape index (κ3) is 5.60. The molecule has 0 aromatic rings. The van der Waals surface area contributed by atoms with Gasteiger partial charge in [-0.3, -0.25) is 0 Å². The van der Waals surface area contributed by atoms with Gasteiger partial charge in [0.05, 0.1) is 0 Å². The number of alkyl halides is 1. The summed E-state index contributed by atoms with van der Waals surface area (Å²) >= 11 is 2.20. The minimum absolute atomic E-state index is 0.389. The highest BCUT2D eigenvalue weighted by Gasteiger charge is 2.30. The van der Waals surface area contributed by atoms with Gasteiger partial charge in [-0.2, -0.15) is 0 Å². The van der Waals surface area contributed by atoms with Crippen molar-refractivity contribution in [1.29, 1.82) is 0 Å². The Bertz CT molecular complexity index is 89.0. The van der Waals surface area contributed by atoms with E-state index in [1.807, 2.05) is 0 Å². The summed E-state index contributed by atoms with van der Waals surface area (Å²) in [6.45, 7) is 2.15. The van der Waals surface area contributed by atoms with Crippen molar-refractivity contribution in [3.8, 4) is 0 Å². The van der Waals surface area contributed by atoms with E-state index in [1.165, 1.54) is 0 Å². The van der Waals surface area contributed by atoms with Gasteiger partial charge in [-0.25, -0.2) is 0 Å². The minimum Gasteiger partial charge on any atom is -0.390 e. The van der Waals surface area contributed by atoms with E-state index >= 15 is 0 Å². The Morgan fingerprint density at radius 2 is 2.10 bits per heavy atom. The van der Waals surface area contributed by atoms with E-state index in [-0.39, 0.29) is 0 Å². The minimum atomic E-state index is -3.23. The van der Waals surface area contributed by atoms with E-state index in [0.717, 1.165) is 10.8 Å². The van der Waals surface area contributed by atoms with Crippen LogP contribution in [0.4, 0.5) is 0 Å². The zero-order valence-electron chi connectivity index (χ0n) is 6.01. The molecule has 0 amide bonds. The molecular formula is C5H13IO3Si. The second-order valence-corrected chi connectivity index (χ2v) is 5.32. The maximum Gasteiger partial charge on any atom is 0.495 e. The quantitative estimate of drug-likeness (QED) is 0.443. The number of halogens is 1. The molecule has 0 heterocycles. The number of rotatable bonds is 5. The molecule has 0 spiro atoms. The molecule has 62 valence electrons. The first-order valence-corrected chi connectivity index (χ1v) is 6.80. The highest BCUT2D eigenvalue weighted by Crippen LogP contribution is 2.07. The SMILES string of the molecule is CCO[Si](O)(O)CCCI. The molecule has 0 rings (SSSR count). The van der Waals surface area contributed by atoms with Gasteiger partial charge < -0.3 is 14.0 Å². The van der Waals surface area contributed by atoms with Crippen LogP contribution < -0.4 is 0 Å². The van der Waals surface area contributed by atoms with Crippen molar-refractivity contribution >= 4 is 31.4 Å². The first-order chi connectivity index (χ1) is 4.62. The standard InChI is InChI=1S/C5H13IO3Si/c1-2-9-10(7,8)5-3-4-6/h7-8H,2-5H2,1H3. The fraction of sp³-hybridized carbons (Fsp3) is 1.00. The molecule has 10 heavy (non-hydrogen) atoms. The van der Waals surface area contributed by atoms with Crippen LogP contribution in [0.2, 0.25) is 6.04 Å². The highest BCUT2D eigenvalue weighted by molar-refractivity contribution is 14.1. The van der Waals surface area contributed by atoms with Crippen LogP contribution in [-0.4, -0.2) is 29.4 Å². The van der Waals surface area contributed by atoms with Gasteiger partial charge in [0.25, 0.3) is 0 Å². The van der Waals surface area contributed by atoms with E-state index in [1.54, 1.807) is 6.92 Å². The van der Waals surface area contributed by atoms with E-state index in [0.29, 0.717) is 12.7 Å². The molecule has 0 atom stereocenters. The van der Waals surface area contributed by atoms with E-state index in [2.05, 4.69) is 22.6 Å². The summed E-state index contributed by atoms with van der Waals surface area (Å²) in [5.74, 6) is 0. The molecule has 0 radical (unpaired) electrons. The summed E-state index contributed by atoms with van der Waals surface area (Å²) in [4.78, 5) is 18.2. The lowest BCUT2D eigenvalue weighted by Gasteiger charge is -2.15. The summed E-state index contributed by atoms with van der Waals surface area (Å²) in [6.07, 6.45) is 0.819. The first-order valence-electron chi connectivity index (χ1n) is 3.27. The summed E-state index contributed by atoms with van der Waals surface area (Å²) < 4.78 is 5.72. The Labute approximate surface area is 75.9 Å². The lowest BCUT2D eigenvalue weighted by atomic mass is 10.6. The monoisotopic (exact) mass is 276 g/mol. The third-order valence-corrected chi connectivity index (χ3v) is 3.53. The molecule has 0 aromatic heterocycles. The molecule has 2 N–H and O–H groups in total. The van der Waals surface area contributed by atoms with E-state index in [4.69, 9.17) is 14.0 Å². The Morgan fingerprint density at radius 3 is 2.50 bits per heavy atom. The maximum atomic E-state index is 9.11.